The van der Waals surface area contributed by atoms with Gasteiger partial charge in [-0.25, -0.2) is 0 Å². The SMILES string of the molecule is CCCCCCP(CCCCCC)c1ccc(CCC)c(CCC)c1CCC. The Bertz CT molecular complexity index is 493. The Morgan fingerprint density at radius 2 is 1.07 bits per heavy atom. The van der Waals surface area contributed by atoms with Crippen LogP contribution in [0.2, 0.25) is 0 Å². The zero-order valence-corrected chi connectivity index (χ0v) is 20.8. The highest BCUT2D eigenvalue weighted by Gasteiger charge is 2.18. The zero-order chi connectivity index (χ0) is 20.6. The molecule has 0 atom stereocenters. The van der Waals surface area contributed by atoms with Gasteiger partial charge in [0.2, 0.25) is 0 Å². The van der Waals surface area contributed by atoms with Gasteiger partial charge >= 0.3 is 0 Å². The number of aryl methyl sites for hydroxylation is 1. The molecule has 0 nitrogen and oxygen atoms in total. The highest BCUT2D eigenvalue weighted by atomic mass is 31.1. The maximum absolute atomic E-state index is 2.58. The molecule has 0 bridgehead atoms. The third kappa shape index (κ3) is 8.98. The van der Waals surface area contributed by atoms with Gasteiger partial charge in [0.25, 0.3) is 0 Å². The minimum absolute atomic E-state index is 0.0301. The summed E-state index contributed by atoms with van der Waals surface area (Å²) in [7, 11) is 0.0301. The fraction of sp³-hybridized carbons (Fsp3) is 0.778. The fourth-order valence-electron chi connectivity index (χ4n) is 4.43. The van der Waals surface area contributed by atoms with Gasteiger partial charge < -0.3 is 0 Å². The Labute approximate surface area is 179 Å². The molecule has 162 valence electrons. The molecule has 0 aromatic heterocycles. The Morgan fingerprint density at radius 1 is 0.536 bits per heavy atom. The lowest BCUT2D eigenvalue weighted by atomic mass is 9.92. The molecule has 0 amide bonds. The van der Waals surface area contributed by atoms with Gasteiger partial charge in [-0.15, -0.1) is 0 Å². The lowest BCUT2D eigenvalue weighted by molar-refractivity contribution is 0.697. The number of rotatable bonds is 17. The van der Waals surface area contributed by atoms with Crippen molar-refractivity contribution in [1.82, 2.24) is 0 Å². The van der Waals surface area contributed by atoms with E-state index in [4.69, 9.17) is 0 Å². The van der Waals surface area contributed by atoms with E-state index in [0.29, 0.717) is 0 Å². The Hall–Kier alpha value is -0.350. The van der Waals surface area contributed by atoms with Crippen LogP contribution in [0.5, 0.6) is 0 Å². The summed E-state index contributed by atoms with van der Waals surface area (Å²) in [6.45, 7) is 11.7. The van der Waals surface area contributed by atoms with Gasteiger partial charge in [-0.2, -0.15) is 0 Å². The average Bonchev–Trinajstić information content (AvgIpc) is 2.70. The van der Waals surface area contributed by atoms with E-state index in [1.165, 1.54) is 102 Å². The predicted octanol–water partition coefficient (Wildman–Crippen LogP) is 8.81. The average molecular weight is 405 g/mol. The monoisotopic (exact) mass is 404 g/mol. The summed E-state index contributed by atoms with van der Waals surface area (Å²) in [5.74, 6) is 0. The molecule has 0 aliphatic heterocycles. The molecule has 0 N–H and O–H groups in total. The molecular formula is C27H49P. The van der Waals surface area contributed by atoms with E-state index in [0.717, 1.165) is 0 Å². The van der Waals surface area contributed by atoms with Crippen LogP contribution in [0.1, 0.15) is 122 Å². The summed E-state index contributed by atoms with van der Waals surface area (Å²) in [5.41, 5.74) is 5.19. The Kier molecular flexibility index (Phi) is 15.1. The van der Waals surface area contributed by atoms with Crippen LogP contribution in [-0.4, -0.2) is 12.3 Å². The third-order valence-electron chi connectivity index (χ3n) is 5.93. The van der Waals surface area contributed by atoms with Gasteiger partial charge in [-0.05, 0) is 66.4 Å². The molecular weight excluding hydrogens is 355 g/mol. The molecule has 0 saturated carbocycles. The van der Waals surface area contributed by atoms with Gasteiger partial charge in [-0.1, -0.05) is 112 Å². The van der Waals surface area contributed by atoms with Crippen LogP contribution in [0.15, 0.2) is 12.1 Å². The van der Waals surface area contributed by atoms with Crippen molar-refractivity contribution in [3.8, 4) is 0 Å². The van der Waals surface area contributed by atoms with Crippen molar-refractivity contribution in [2.75, 3.05) is 12.3 Å². The predicted molar refractivity (Wildman–Crippen MR) is 133 cm³/mol. The van der Waals surface area contributed by atoms with E-state index < -0.39 is 0 Å². The van der Waals surface area contributed by atoms with Crippen molar-refractivity contribution in [1.29, 1.82) is 0 Å². The second-order valence-electron chi connectivity index (χ2n) is 8.56. The van der Waals surface area contributed by atoms with E-state index in [9.17, 15) is 0 Å². The van der Waals surface area contributed by atoms with Crippen LogP contribution < -0.4 is 5.30 Å². The number of benzene rings is 1. The summed E-state index contributed by atoms with van der Waals surface area (Å²) in [5, 5.41) is 1.80. The van der Waals surface area contributed by atoms with Crippen molar-refractivity contribution in [2.24, 2.45) is 0 Å². The van der Waals surface area contributed by atoms with Gasteiger partial charge in [0.1, 0.15) is 0 Å². The first-order valence-corrected chi connectivity index (χ1v) is 14.3. The second-order valence-corrected chi connectivity index (χ2v) is 11.0. The molecule has 0 radical (unpaired) electrons. The van der Waals surface area contributed by atoms with Crippen LogP contribution in [0, 0.1) is 0 Å². The first kappa shape index (κ1) is 25.7. The number of hydrogen-bond donors (Lipinski definition) is 0. The van der Waals surface area contributed by atoms with E-state index >= 15 is 0 Å². The van der Waals surface area contributed by atoms with E-state index in [-0.39, 0.29) is 7.92 Å². The largest absolute Gasteiger partial charge is 0.0750 e. The lowest BCUT2D eigenvalue weighted by Crippen LogP contribution is -2.17. The minimum Gasteiger partial charge on any atom is -0.0750 e. The number of unbranched alkanes of at least 4 members (excludes halogenated alkanes) is 6. The minimum atomic E-state index is 0.0301. The summed E-state index contributed by atoms with van der Waals surface area (Å²) < 4.78 is 0. The van der Waals surface area contributed by atoms with Crippen LogP contribution in [0.25, 0.3) is 0 Å². The first-order valence-electron chi connectivity index (χ1n) is 12.6. The maximum atomic E-state index is 2.58. The first-order chi connectivity index (χ1) is 13.7. The van der Waals surface area contributed by atoms with Crippen molar-refractivity contribution in [2.45, 2.75) is 125 Å². The number of hydrogen-bond acceptors (Lipinski definition) is 0. The van der Waals surface area contributed by atoms with Gasteiger partial charge in [0.15, 0.2) is 0 Å². The van der Waals surface area contributed by atoms with Crippen molar-refractivity contribution < 1.29 is 0 Å². The molecule has 1 rings (SSSR count). The Balaban J connectivity index is 3.13. The lowest BCUT2D eigenvalue weighted by Gasteiger charge is -2.25. The van der Waals surface area contributed by atoms with Crippen LogP contribution >= 0.6 is 7.92 Å². The molecule has 0 saturated heterocycles. The topological polar surface area (TPSA) is 0 Å². The van der Waals surface area contributed by atoms with Crippen LogP contribution in [0.4, 0.5) is 0 Å². The highest BCUT2D eigenvalue weighted by molar-refractivity contribution is 7.65. The molecule has 0 unspecified atom stereocenters. The standard InChI is InChI=1S/C27H49P/c1-6-11-13-15-22-28(23-16-14-12-7-2)27-21-20-24(17-8-3)25(18-9-4)26(27)19-10-5/h20-21H,6-19,22-23H2,1-5H3. The van der Waals surface area contributed by atoms with Gasteiger partial charge in [0, 0.05) is 0 Å². The summed E-state index contributed by atoms with van der Waals surface area (Å²) in [4.78, 5) is 0. The molecule has 28 heavy (non-hydrogen) atoms. The smallest absolute Gasteiger partial charge is 0.0206 e. The normalized spacial score (nSPS) is 11.5. The molecule has 0 spiro atoms. The maximum Gasteiger partial charge on any atom is -0.0206 e. The van der Waals surface area contributed by atoms with E-state index in [2.05, 4.69) is 46.8 Å². The van der Waals surface area contributed by atoms with Crippen molar-refractivity contribution >= 4 is 13.2 Å². The quantitative estimate of drug-likeness (QED) is 0.180. The molecule has 1 heteroatoms. The molecule has 1 aromatic rings. The van der Waals surface area contributed by atoms with Crippen molar-refractivity contribution in [3.05, 3.63) is 28.8 Å². The molecule has 0 aliphatic rings. The fourth-order valence-corrected chi connectivity index (χ4v) is 7.26. The Morgan fingerprint density at radius 3 is 1.57 bits per heavy atom. The summed E-state index contributed by atoms with van der Waals surface area (Å²) in [6, 6.07) is 5.11. The van der Waals surface area contributed by atoms with E-state index in [1.54, 1.807) is 22.0 Å². The molecule has 0 aliphatic carbocycles. The molecule has 0 fully saturated rings. The molecule has 0 heterocycles. The summed E-state index contributed by atoms with van der Waals surface area (Å²) >= 11 is 0. The van der Waals surface area contributed by atoms with Gasteiger partial charge in [-0.3, -0.25) is 0 Å². The van der Waals surface area contributed by atoms with Crippen LogP contribution in [-0.2, 0) is 19.3 Å². The van der Waals surface area contributed by atoms with Gasteiger partial charge in [0.05, 0.1) is 0 Å². The molecule has 1 aromatic carbocycles. The second kappa shape index (κ2) is 16.4. The zero-order valence-electron chi connectivity index (χ0n) is 19.9. The van der Waals surface area contributed by atoms with Crippen molar-refractivity contribution in [3.63, 3.8) is 0 Å². The van der Waals surface area contributed by atoms with E-state index in [1.807, 2.05) is 0 Å². The highest BCUT2D eigenvalue weighted by Crippen LogP contribution is 2.40. The third-order valence-corrected chi connectivity index (χ3v) is 8.74. The summed E-state index contributed by atoms with van der Waals surface area (Å²) in [6.07, 6.45) is 21.9. The van der Waals surface area contributed by atoms with Crippen LogP contribution in [0.3, 0.4) is 0 Å².